The zero-order valence-electron chi connectivity index (χ0n) is 11.2. The molecule has 2 atom stereocenters. The zero-order valence-corrected chi connectivity index (χ0v) is 11.2. The average molecular weight is 258 g/mol. The minimum Gasteiger partial charge on any atom is -0.334 e. The van der Waals surface area contributed by atoms with Crippen molar-refractivity contribution in [3.05, 3.63) is 30.0 Å². The first-order chi connectivity index (χ1) is 9.15. The molecule has 2 heterocycles. The van der Waals surface area contributed by atoms with E-state index in [1.165, 1.54) is 0 Å². The van der Waals surface area contributed by atoms with E-state index in [0.29, 0.717) is 17.8 Å². The summed E-state index contributed by atoms with van der Waals surface area (Å²) >= 11 is 0. The number of aromatic amines is 1. The van der Waals surface area contributed by atoms with Gasteiger partial charge in [-0.15, -0.1) is 0 Å². The third-order valence-electron chi connectivity index (χ3n) is 3.52. The number of H-pyrrole nitrogens is 1. The Hall–Kier alpha value is -1.88. The molecule has 1 saturated heterocycles. The molecule has 1 amide bonds. The number of carbonyl (C=O) groups excluding carboxylic acids is 1. The lowest BCUT2D eigenvalue weighted by molar-refractivity contribution is 0.0669. The summed E-state index contributed by atoms with van der Waals surface area (Å²) in [6, 6.07) is 8.36. The lowest BCUT2D eigenvalue weighted by Crippen LogP contribution is -2.55. The number of carbonyl (C=O) groups is 1. The van der Waals surface area contributed by atoms with Gasteiger partial charge in [0.15, 0.2) is 5.69 Å². The van der Waals surface area contributed by atoms with Crippen LogP contribution in [0, 0.1) is 0 Å². The maximum absolute atomic E-state index is 12.6. The summed E-state index contributed by atoms with van der Waals surface area (Å²) in [5.74, 6) is 0.0117. The van der Waals surface area contributed by atoms with E-state index in [9.17, 15) is 4.79 Å². The van der Waals surface area contributed by atoms with Crippen molar-refractivity contribution >= 4 is 16.8 Å². The number of nitrogens with zero attached hydrogens (tertiary/aromatic N) is 2. The average Bonchev–Trinajstić information content (AvgIpc) is 2.80. The first-order valence-corrected chi connectivity index (χ1v) is 6.63. The number of nitrogens with one attached hydrogen (secondary N) is 2. The van der Waals surface area contributed by atoms with Gasteiger partial charge in [-0.25, -0.2) is 0 Å². The van der Waals surface area contributed by atoms with Gasteiger partial charge in [0, 0.05) is 30.6 Å². The minimum atomic E-state index is 0.0117. The summed E-state index contributed by atoms with van der Waals surface area (Å²) in [6.07, 6.45) is 0. The highest BCUT2D eigenvalue weighted by atomic mass is 16.2. The lowest BCUT2D eigenvalue weighted by Gasteiger charge is -2.35. The van der Waals surface area contributed by atoms with Crippen LogP contribution >= 0.6 is 0 Å². The van der Waals surface area contributed by atoms with Gasteiger partial charge in [-0.3, -0.25) is 9.89 Å². The number of benzene rings is 1. The standard InChI is InChI=1S/C14H18N4O/c1-9-7-18(8-10(2)15-9)14(19)13-11-5-3-4-6-12(11)16-17-13/h3-6,9-10,15H,7-8H2,1-2H3,(H,16,17). The molecule has 0 aliphatic carbocycles. The highest BCUT2D eigenvalue weighted by molar-refractivity contribution is 6.04. The van der Waals surface area contributed by atoms with Crippen molar-refractivity contribution < 1.29 is 4.79 Å². The molecule has 0 spiro atoms. The maximum atomic E-state index is 12.6. The lowest BCUT2D eigenvalue weighted by atomic mass is 10.1. The van der Waals surface area contributed by atoms with Gasteiger partial charge in [-0.2, -0.15) is 5.10 Å². The first kappa shape index (κ1) is 12.2. The number of hydrogen-bond acceptors (Lipinski definition) is 3. The Bertz CT molecular complexity index is 596. The molecule has 1 aromatic heterocycles. The van der Waals surface area contributed by atoms with Crippen LogP contribution in [0.15, 0.2) is 24.3 Å². The predicted octanol–water partition coefficient (Wildman–Crippen LogP) is 1.39. The van der Waals surface area contributed by atoms with Crippen molar-refractivity contribution in [3.63, 3.8) is 0 Å². The molecule has 2 aromatic rings. The van der Waals surface area contributed by atoms with Crippen molar-refractivity contribution in [1.29, 1.82) is 0 Å². The monoisotopic (exact) mass is 258 g/mol. The van der Waals surface area contributed by atoms with Gasteiger partial charge < -0.3 is 10.2 Å². The van der Waals surface area contributed by atoms with Crippen LogP contribution in [0.1, 0.15) is 24.3 Å². The predicted molar refractivity (Wildman–Crippen MR) is 74.1 cm³/mol. The molecule has 19 heavy (non-hydrogen) atoms. The number of rotatable bonds is 1. The molecule has 2 N–H and O–H groups in total. The van der Waals surface area contributed by atoms with Crippen molar-refractivity contribution in [3.8, 4) is 0 Å². The van der Waals surface area contributed by atoms with Gasteiger partial charge >= 0.3 is 0 Å². The van der Waals surface area contributed by atoms with Gasteiger partial charge in [0.05, 0.1) is 5.52 Å². The van der Waals surface area contributed by atoms with Crippen molar-refractivity contribution in [1.82, 2.24) is 20.4 Å². The molecular weight excluding hydrogens is 240 g/mol. The van der Waals surface area contributed by atoms with Gasteiger partial charge in [0.25, 0.3) is 5.91 Å². The van der Waals surface area contributed by atoms with Crippen LogP contribution in [0.2, 0.25) is 0 Å². The van der Waals surface area contributed by atoms with Crippen molar-refractivity contribution in [2.75, 3.05) is 13.1 Å². The Morgan fingerprint density at radius 2 is 1.95 bits per heavy atom. The van der Waals surface area contributed by atoms with Crippen LogP contribution in [-0.2, 0) is 0 Å². The topological polar surface area (TPSA) is 61.0 Å². The molecule has 0 saturated carbocycles. The van der Waals surface area contributed by atoms with E-state index in [1.54, 1.807) is 0 Å². The Balaban J connectivity index is 1.91. The molecule has 0 bridgehead atoms. The summed E-state index contributed by atoms with van der Waals surface area (Å²) in [7, 11) is 0. The maximum Gasteiger partial charge on any atom is 0.275 e. The number of para-hydroxylation sites is 1. The summed E-state index contributed by atoms with van der Waals surface area (Å²) < 4.78 is 0. The molecule has 1 aliphatic rings. The second-order valence-electron chi connectivity index (χ2n) is 5.30. The number of aromatic nitrogens is 2. The van der Waals surface area contributed by atoms with Crippen molar-refractivity contribution in [2.24, 2.45) is 0 Å². The SMILES string of the molecule is CC1CN(C(=O)c2n[nH]c3ccccc23)CC(C)N1. The molecular formula is C14H18N4O. The summed E-state index contributed by atoms with van der Waals surface area (Å²) in [6.45, 7) is 5.64. The highest BCUT2D eigenvalue weighted by Gasteiger charge is 2.27. The zero-order chi connectivity index (χ0) is 13.4. The third kappa shape index (κ3) is 2.21. The Kier molecular flexibility index (Phi) is 2.98. The highest BCUT2D eigenvalue weighted by Crippen LogP contribution is 2.18. The number of piperazine rings is 1. The molecule has 3 rings (SSSR count). The van der Waals surface area contributed by atoms with Crippen LogP contribution in [-0.4, -0.2) is 46.2 Å². The van der Waals surface area contributed by atoms with Crippen LogP contribution in [0.5, 0.6) is 0 Å². The number of hydrogen-bond donors (Lipinski definition) is 2. The van der Waals surface area contributed by atoms with E-state index in [2.05, 4.69) is 29.4 Å². The van der Waals surface area contributed by atoms with Crippen LogP contribution in [0.25, 0.3) is 10.9 Å². The Morgan fingerprint density at radius 3 is 2.68 bits per heavy atom. The fraction of sp³-hybridized carbons (Fsp3) is 0.429. The Morgan fingerprint density at radius 1 is 1.26 bits per heavy atom. The Labute approximate surface area is 112 Å². The van der Waals surface area contributed by atoms with Crippen LogP contribution in [0.4, 0.5) is 0 Å². The number of fused-ring (bicyclic) bond motifs is 1. The molecule has 5 heteroatoms. The molecule has 0 radical (unpaired) electrons. The van der Waals surface area contributed by atoms with Crippen molar-refractivity contribution in [2.45, 2.75) is 25.9 Å². The molecule has 1 fully saturated rings. The largest absolute Gasteiger partial charge is 0.334 e. The summed E-state index contributed by atoms with van der Waals surface area (Å²) in [5.41, 5.74) is 1.43. The van der Waals surface area contributed by atoms with E-state index in [-0.39, 0.29) is 5.91 Å². The van der Waals surface area contributed by atoms with Crippen LogP contribution in [0.3, 0.4) is 0 Å². The fourth-order valence-electron chi connectivity index (χ4n) is 2.77. The second-order valence-corrected chi connectivity index (χ2v) is 5.30. The van der Waals surface area contributed by atoms with Gasteiger partial charge in [0.1, 0.15) is 0 Å². The van der Waals surface area contributed by atoms with E-state index in [1.807, 2.05) is 29.2 Å². The van der Waals surface area contributed by atoms with E-state index < -0.39 is 0 Å². The van der Waals surface area contributed by atoms with E-state index >= 15 is 0 Å². The second kappa shape index (κ2) is 4.66. The molecule has 1 aromatic carbocycles. The van der Waals surface area contributed by atoms with Crippen LogP contribution < -0.4 is 5.32 Å². The first-order valence-electron chi connectivity index (χ1n) is 6.63. The van der Waals surface area contributed by atoms with Gasteiger partial charge in [-0.1, -0.05) is 18.2 Å². The third-order valence-corrected chi connectivity index (χ3v) is 3.52. The van der Waals surface area contributed by atoms with Gasteiger partial charge in [0.2, 0.25) is 0 Å². The van der Waals surface area contributed by atoms with E-state index in [4.69, 9.17) is 0 Å². The van der Waals surface area contributed by atoms with Gasteiger partial charge in [-0.05, 0) is 19.9 Å². The quantitative estimate of drug-likeness (QED) is 0.812. The summed E-state index contributed by atoms with van der Waals surface area (Å²) in [4.78, 5) is 14.5. The fourth-order valence-corrected chi connectivity index (χ4v) is 2.77. The number of amides is 1. The summed E-state index contributed by atoms with van der Waals surface area (Å²) in [5, 5.41) is 11.4. The van der Waals surface area contributed by atoms with E-state index in [0.717, 1.165) is 24.0 Å². The normalized spacial score (nSPS) is 23.8. The molecule has 100 valence electrons. The molecule has 5 nitrogen and oxygen atoms in total. The minimum absolute atomic E-state index is 0.0117. The molecule has 2 unspecified atom stereocenters. The smallest absolute Gasteiger partial charge is 0.275 e. The molecule has 1 aliphatic heterocycles.